The van der Waals surface area contributed by atoms with Gasteiger partial charge in [-0.05, 0) is 23.3 Å². The van der Waals surface area contributed by atoms with Crippen molar-refractivity contribution in [3.63, 3.8) is 0 Å². The maximum atomic E-state index is 13.0. The van der Waals surface area contributed by atoms with Gasteiger partial charge < -0.3 is 5.73 Å². The third-order valence-corrected chi connectivity index (χ3v) is 3.05. The zero-order valence-corrected chi connectivity index (χ0v) is 9.99. The van der Waals surface area contributed by atoms with Crippen LogP contribution in [-0.2, 0) is 0 Å². The fourth-order valence-corrected chi connectivity index (χ4v) is 2.04. The van der Waals surface area contributed by atoms with E-state index in [-0.39, 0.29) is 11.9 Å². The van der Waals surface area contributed by atoms with Gasteiger partial charge in [0.2, 0.25) is 0 Å². The first-order valence-electron chi connectivity index (χ1n) is 4.79. The number of hydrogen-bond donors (Lipinski definition) is 1. The van der Waals surface area contributed by atoms with Crippen molar-refractivity contribution in [3.05, 3.63) is 64.1 Å². The molecule has 0 saturated heterocycles. The summed E-state index contributed by atoms with van der Waals surface area (Å²) >= 11 is 3.42. The van der Waals surface area contributed by atoms with Crippen molar-refractivity contribution in [3.8, 4) is 0 Å². The van der Waals surface area contributed by atoms with Crippen molar-refractivity contribution in [2.75, 3.05) is 0 Å². The lowest BCUT2D eigenvalue weighted by molar-refractivity contribution is 0.616. The Morgan fingerprint density at radius 3 is 2.69 bits per heavy atom. The number of nitrogens with zero attached hydrogens (tertiary/aromatic N) is 1. The van der Waals surface area contributed by atoms with E-state index >= 15 is 0 Å². The summed E-state index contributed by atoms with van der Waals surface area (Å²) in [6, 6.07) is 8.63. The maximum absolute atomic E-state index is 13.0. The molecule has 0 spiro atoms. The van der Waals surface area contributed by atoms with Crippen LogP contribution in [0.5, 0.6) is 0 Å². The highest BCUT2D eigenvalue weighted by Crippen LogP contribution is 2.26. The summed E-state index contributed by atoms with van der Waals surface area (Å²) in [5.74, 6) is -0.375. The van der Waals surface area contributed by atoms with E-state index < -0.39 is 0 Å². The van der Waals surface area contributed by atoms with Crippen molar-refractivity contribution in [1.82, 2.24) is 4.98 Å². The van der Waals surface area contributed by atoms with E-state index in [0.717, 1.165) is 16.2 Å². The predicted molar refractivity (Wildman–Crippen MR) is 64.4 cm³/mol. The lowest BCUT2D eigenvalue weighted by atomic mass is 10.0. The van der Waals surface area contributed by atoms with Crippen LogP contribution in [0.2, 0.25) is 0 Å². The number of hydrogen-bond acceptors (Lipinski definition) is 2. The molecule has 16 heavy (non-hydrogen) atoms. The predicted octanol–water partition coefficient (Wildman–Crippen LogP) is 3.03. The highest BCUT2D eigenvalue weighted by molar-refractivity contribution is 9.10. The van der Waals surface area contributed by atoms with E-state index in [1.54, 1.807) is 6.20 Å². The first-order chi connectivity index (χ1) is 7.68. The SMILES string of the molecule is NC(c1cncc(F)c1)c1ccccc1Br. The van der Waals surface area contributed by atoms with Gasteiger partial charge in [0.1, 0.15) is 5.82 Å². The molecule has 1 atom stereocenters. The number of halogens is 2. The molecule has 0 radical (unpaired) electrons. The first kappa shape index (κ1) is 11.2. The van der Waals surface area contributed by atoms with E-state index in [2.05, 4.69) is 20.9 Å². The van der Waals surface area contributed by atoms with Crippen molar-refractivity contribution < 1.29 is 4.39 Å². The van der Waals surface area contributed by atoms with Gasteiger partial charge >= 0.3 is 0 Å². The molecule has 0 bridgehead atoms. The molecule has 0 fully saturated rings. The molecule has 2 aromatic rings. The van der Waals surface area contributed by atoms with Crippen molar-refractivity contribution in [1.29, 1.82) is 0 Å². The summed E-state index contributed by atoms with van der Waals surface area (Å²) in [4.78, 5) is 3.79. The summed E-state index contributed by atoms with van der Waals surface area (Å²) < 4.78 is 13.9. The van der Waals surface area contributed by atoms with Crippen molar-refractivity contribution >= 4 is 15.9 Å². The third kappa shape index (κ3) is 2.28. The van der Waals surface area contributed by atoms with Gasteiger partial charge in [-0.1, -0.05) is 34.1 Å². The Balaban J connectivity index is 2.39. The van der Waals surface area contributed by atoms with Crippen LogP contribution in [0.1, 0.15) is 17.2 Å². The fraction of sp³-hybridized carbons (Fsp3) is 0.0833. The molecular weight excluding hydrogens is 271 g/mol. The zero-order valence-electron chi connectivity index (χ0n) is 8.40. The molecule has 0 saturated carbocycles. The fourth-order valence-electron chi connectivity index (χ4n) is 1.51. The number of benzene rings is 1. The minimum absolute atomic E-state index is 0.375. The smallest absolute Gasteiger partial charge is 0.141 e. The number of aromatic nitrogens is 1. The molecule has 2 rings (SSSR count). The molecule has 0 aliphatic rings. The molecule has 1 aromatic carbocycles. The lowest BCUT2D eigenvalue weighted by Crippen LogP contribution is -2.13. The van der Waals surface area contributed by atoms with Crippen LogP contribution in [0.3, 0.4) is 0 Å². The van der Waals surface area contributed by atoms with E-state index in [0.29, 0.717) is 5.56 Å². The second-order valence-corrected chi connectivity index (χ2v) is 4.29. The molecule has 0 aliphatic heterocycles. The maximum Gasteiger partial charge on any atom is 0.141 e. The van der Waals surface area contributed by atoms with E-state index in [1.807, 2.05) is 24.3 Å². The van der Waals surface area contributed by atoms with E-state index in [9.17, 15) is 4.39 Å². The van der Waals surface area contributed by atoms with Gasteiger partial charge in [-0.25, -0.2) is 4.39 Å². The van der Waals surface area contributed by atoms with Gasteiger partial charge in [0, 0.05) is 10.7 Å². The standard InChI is InChI=1S/C12H10BrFN2/c13-11-4-2-1-3-10(11)12(15)8-5-9(14)7-16-6-8/h1-7,12H,15H2. The van der Waals surface area contributed by atoms with E-state index in [4.69, 9.17) is 5.73 Å². The van der Waals surface area contributed by atoms with Crippen LogP contribution in [0, 0.1) is 5.82 Å². The Hall–Kier alpha value is -1.26. The quantitative estimate of drug-likeness (QED) is 0.919. The van der Waals surface area contributed by atoms with Crippen LogP contribution in [-0.4, -0.2) is 4.98 Å². The molecule has 4 heteroatoms. The average Bonchev–Trinajstić information content (AvgIpc) is 2.29. The molecule has 1 heterocycles. The summed E-state index contributed by atoms with van der Waals surface area (Å²) in [6.45, 7) is 0. The number of rotatable bonds is 2. The highest BCUT2D eigenvalue weighted by atomic mass is 79.9. The Morgan fingerprint density at radius 1 is 1.25 bits per heavy atom. The highest BCUT2D eigenvalue weighted by Gasteiger charge is 2.12. The molecule has 0 amide bonds. The summed E-state index contributed by atoms with van der Waals surface area (Å²) in [5, 5.41) is 0. The Bertz CT molecular complexity index is 502. The van der Waals surface area contributed by atoms with Gasteiger partial charge in [0.05, 0.1) is 12.2 Å². The van der Waals surface area contributed by atoms with Crippen LogP contribution >= 0.6 is 15.9 Å². The molecule has 1 aromatic heterocycles. The molecule has 0 aliphatic carbocycles. The van der Waals surface area contributed by atoms with Crippen LogP contribution in [0.4, 0.5) is 4.39 Å². The van der Waals surface area contributed by atoms with Crippen molar-refractivity contribution in [2.24, 2.45) is 5.73 Å². The summed E-state index contributed by atoms with van der Waals surface area (Å²) in [7, 11) is 0. The first-order valence-corrected chi connectivity index (χ1v) is 5.58. The Morgan fingerprint density at radius 2 is 2.00 bits per heavy atom. The Kier molecular flexibility index (Phi) is 3.31. The van der Waals surface area contributed by atoms with Gasteiger partial charge in [-0.2, -0.15) is 0 Å². The van der Waals surface area contributed by atoms with E-state index in [1.165, 1.54) is 6.07 Å². The molecular formula is C12H10BrFN2. The molecule has 2 nitrogen and oxygen atoms in total. The van der Waals surface area contributed by atoms with Gasteiger partial charge in [-0.3, -0.25) is 4.98 Å². The topological polar surface area (TPSA) is 38.9 Å². The minimum atomic E-state index is -0.376. The normalized spacial score (nSPS) is 12.4. The Labute approximate surface area is 101 Å². The van der Waals surface area contributed by atoms with Crippen LogP contribution in [0.15, 0.2) is 47.2 Å². The van der Waals surface area contributed by atoms with Crippen LogP contribution in [0.25, 0.3) is 0 Å². The lowest BCUT2D eigenvalue weighted by Gasteiger charge is -2.13. The third-order valence-electron chi connectivity index (χ3n) is 2.33. The molecule has 82 valence electrons. The second kappa shape index (κ2) is 4.72. The monoisotopic (exact) mass is 280 g/mol. The molecule has 1 unspecified atom stereocenters. The summed E-state index contributed by atoms with van der Waals surface area (Å²) in [6.07, 6.45) is 2.74. The van der Waals surface area contributed by atoms with Gasteiger partial charge in [-0.15, -0.1) is 0 Å². The second-order valence-electron chi connectivity index (χ2n) is 3.44. The number of nitrogens with two attached hydrogens (primary N) is 1. The minimum Gasteiger partial charge on any atom is -0.320 e. The van der Waals surface area contributed by atoms with Crippen LogP contribution < -0.4 is 5.73 Å². The average molecular weight is 281 g/mol. The van der Waals surface area contributed by atoms with Gasteiger partial charge in [0.15, 0.2) is 0 Å². The van der Waals surface area contributed by atoms with Crippen molar-refractivity contribution in [2.45, 2.75) is 6.04 Å². The zero-order chi connectivity index (χ0) is 11.5. The number of pyridine rings is 1. The van der Waals surface area contributed by atoms with Gasteiger partial charge in [0.25, 0.3) is 0 Å². The largest absolute Gasteiger partial charge is 0.320 e. The molecule has 2 N–H and O–H groups in total. The summed E-state index contributed by atoms with van der Waals surface area (Å²) in [5.41, 5.74) is 7.62.